The van der Waals surface area contributed by atoms with Crippen LogP contribution in [0.4, 0.5) is 0 Å². The quantitative estimate of drug-likeness (QED) is 0.506. The number of cyclic esters (lactones) is 1. The third-order valence-corrected chi connectivity index (χ3v) is 5.15. The van der Waals surface area contributed by atoms with Crippen LogP contribution in [0, 0.1) is 5.92 Å². The number of carbonyl (C=O) groups excluding carboxylic acids is 3. The lowest BCUT2D eigenvalue weighted by atomic mass is 9.85. The minimum atomic E-state index is -1.78. The lowest BCUT2D eigenvalue weighted by molar-refractivity contribution is -0.169. The van der Waals surface area contributed by atoms with E-state index >= 15 is 0 Å². The summed E-state index contributed by atoms with van der Waals surface area (Å²) < 4.78 is 10.7. The number of likely N-dealkylation sites (N-methyl/N-ethyl adjacent to an activating group) is 1. The molecule has 2 heterocycles. The number of rotatable bonds is 0. The van der Waals surface area contributed by atoms with Crippen molar-refractivity contribution in [2.75, 3.05) is 26.7 Å². The van der Waals surface area contributed by atoms with Crippen LogP contribution in [0.5, 0.6) is 0 Å². The Kier molecular flexibility index (Phi) is 6.36. The van der Waals surface area contributed by atoms with Crippen molar-refractivity contribution in [2.45, 2.75) is 45.3 Å². The van der Waals surface area contributed by atoms with Gasteiger partial charge in [-0.05, 0) is 33.2 Å². The average molecular weight is 365 g/mol. The fourth-order valence-corrected chi connectivity index (χ4v) is 2.92. The van der Waals surface area contributed by atoms with Gasteiger partial charge in [0.15, 0.2) is 11.7 Å². The lowest BCUT2D eigenvalue weighted by Gasteiger charge is -2.31. The first-order chi connectivity index (χ1) is 12.2. The number of carbonyl (C=O) groups is 3. The smallest absolute Gasteiger partial charge is 0.338 e. The fraction of sp³-hybridized carbons (Fsp3) is 0.632. The van der Waals surface area contributed by atoms with Crippen LogP contribution in [0.2, 0.25) is 0 Å². The Bertz CT molecular complexity index is 648. The Labute approximate surface area is 153 Å². The van der Waals surface area contributed by atoms with E-state index in [9.17, 15) is 19.5 Å². The summed E-state index contributed by atoms with van der Waals surface area (Å²) in [6, 6.07) is 0. The molecule has 1 fully saturated rings. The molecule has 2 rings (SSSR count). The molecule has 2 bridgehead atoms. The molecule has 7 heteroatoms. The van der Waals surface area contributed by atoms with Gasteiger partial charge in [-0.3, -0.25) is 4.79 Å². The molecule has 1 N–H and O–H groups in total. The predicted molar refractivity (Wildman–Crippen MR) is 94.2 cm³/mol. The largest absolute Gasteiger partial charge is 0.459 e. The Morgan fingerprint density at radius 1 is 1.35 bits per heavy atom. The monoisotopic (exact) mass is 365 g/mol. The number of aliphatic hydroxyl groups is 1. The number of hydrogen-bond acceptors (Lipinski definition) is 7. The van der Waals surface area contributed by atoms with E-state index in [-0.39, 0.29) is 24.4 Å². The zero-order chi connectivity index (χ0) is 19.5. The number of allylic oxidation sites excluding steroid dienone is 1. The van der Waals surface area contributed by atoms with Gasteiger partial charge in [-0.1, -0.05) is 19.1 Å². The van der Waals surface area contributed by atoms with Gasteiger partial charge in [0.1, 0.15) is 6.61 Å². The number of nitrogens with zero attached hydrogens (tertiary/aromatic N) is 1. The highest BCUT2D eigenvalue weighted by atomic mass is 16.6. The molecule has 0 aromatic heterocycles. The van der Waals surface area contributed by atoms with Gasteiger partial charge < -0.3 is 19.5 Å². The first kappa shape index (κ1) is 20.3. The Morgan fingerprint density at radius 2 is 2.04 bits per heavy atom. The summed E-state index contributed by atoms with van der Waals surface area (Å²) in [6.45, 7) is 5.58. The number of Topliss-reactive ketones (excluding diaryl/α,β-unsaturated/α-hetero) is 1. The lowest BCUT2D eigenvalue weighted by Crippen LogP contribution is -2.45. The molecule has 0 spiro atoms. The molecule has 1 saturated heterocycles. The number of ether oxygens (including phenoxy) is 2. The molecule has 3 atom stereocenters. The second kappa shape index (κ2) is 8.14. The molecule has 0 aromatic rings. The van der Waals surface area contributed by atoms with Crippen LogP contribution in [-0.4, -0.2) is 66.2 Å². The molecule has 0 saturated carbocycles. The second-order valence-electron chi connectivity index (χ2n) is 7.18. The van der Waals surface area contributed by atoms with Crippen molar-refractivity contribution in [3.05, 3.63) is 23.3 Å². The minimum absolute atomic E-state index is 0.140. The van der Waals surface area contributed by atoms with Crippen molar-refractivity contribution in [2.24, 2.45) is 5.92 Å². The summed E-state index contributed by atoms with van der Waals surface area (Å²) >= 11 is 0. The van der Waals surface area contributed by atoms with Gasteiger partial charge in [-0.2, -0.15) is 0 Å². The Morgan fingerprint density at radius 3 is 2.69 bits per heavy atom. The number of esters is 2. The summed E-state index contributed by atoms with van der Waals surface area (Å²) in [4.78, 5) is 39.7. The van der Waals surface area contributed by atoms with Crippen molar-refractivity contribution in [1.82, 2.24) is 4.90 Å². The molecule has 144 valence electrons. The van der Waals surface area contributed by atoms with E-state index in [1.165, 1.54) is 6.92 Å². The highest BCUT2D eigenvalue weighted by molar-refractivity contribution is 6.01. The molecule has 7 nitrogen and oxygen atoms in total. The molecule has 0 radical (unpaired) electrons. The van der Waals surface area contributed by atoms with E-state index in [1.807, 2.05) is 11.9 Å². The standard InChI is InChI=1S/C19H27NO6/c1-5-13-10-12(2)19(3,24)18(23)25-11-14-6-8-20(4)9-7-15(16(14)21)26-17(13)22/h5-6,12,15,24H,7-11H2,1-4H3/b13-5+,14-6?. The van der Waals surface area contributed by atoms with E-state index < -0.39 is 29.6 Å². The summed E-state index contributed by atoms with van der Waals surface area (Å²) in [5.74, 6) is -2.32. The number of fused-ring (bicyclic) bond motifs is 2. The number of ketones is 1. The zero-order valence-corrected chi connectivity index (χ0v) is 15.8. The molecule has 0 aromatic carbocycles. The van der Waals surface area contributed by atoms with Gasteiger partial charge >= 0.3 is 11.9 Å². The Hall–Kier alpha value is -1.99. The molecule has 3 unspecified atom stereocenters. The zero-order valence-electron chi connectivity index (χ0n) is 15.8. The first-order valence-corrected chi connectivity index (χ1v) is 8.84. The van der Waals surface area contributed by atoms with E-state index in [0.717, 1.165) is 0 Å². The number of hydrogen-bond donors (Lipinski definition) is 1. The molecular weight excluding hydrogens is 338 g/mol. The van der Waals surface area contributed by atoms with Gasteiger partial charge in [-0.15, -0.1) is 0 Å². The highest BCUT2D eigenvalue weighted by Crippen LogP contribution is 2.27. The van der Waals surface area contributed by atoms with Crippen LogP contribution in [0.15, 0.2) is 23.3 Å². The fourth-order valence-electron chi connectivity index (χ4n) is 2.92. The average Bonchev–Trinajstić information content (AvgIpc) is 2.59. The van der Waals surface area contributed by atoms with Crippen molar-refractivity contribution < 1.29 is 29.0 Å². The summed E-state index contributed by atoms with van der Waals surface area (Å²) in [5.41, 5.74) is -1.19. The van der Waals surface area contributed by atoms with Crippen molar-refractivity contribution >= 4 is 17.7 Å². The minimum Gasteiger partial charge on any atom is -0.459 e. The summed E-state index contributed by atoms with van der Waals surface area (Å²) in [5, 5.41) is 10.6. The van der Waals surface area contributed by atoms with Gasteiger partial charge in [-0.25, -0.2) is 9.59 Å². The third kappa shape index (κ3) is 4.40. The van der Waals surface area contributed by atoms with Gasteiger partial charge in [0, 0.05) is 30.7 Å². The molecular formula is C19H27NO6. The molecule has 26 heavy (non-hydrogen) atoms. The van der Waals surface area contributed by atoms with Crippen LogP contribution >= 0.6 is 0 Å². The molecule has 0 amide bonds. The Balaban J connectivity index is 2.42. The van der Waals surface area contributed by atoms with Crippen LogP contribution in [0.25, 0.3) is 0 Å². The van der Waals surface area contributed by atoms with Gasteiger partial charge in [0.25, 0.3) is 0 Å². The van der Waals surface area contributed by atoms with Crippen LogP contribution < -0.4 is 0 Å². The highest BCUT2D eigenvalue weighted by Gasteiger charge is 2.40. The van der Waals surface area contributed by atoms with E-state index in [4.69, 9.17) is 9.47 Å². The van der Waals surface area contributed by atoms with Crippen LogP contribution in [-0.2, 0) is 23.9 Å². The SMILES string of the molecule is C/C=C1\CC(C)C(C)(O)C(=O)OCC2=CCN(C)CCC(OC1=O)C2=O. The van der Waals surface area contributed by atoms with E-state index in [2.05, 4.69) is 0 Å². The topological polar surface area (TPSA) is 93.1 Å². The first-order valence-electron chi connectivity index (χ1n) is 8.84. The third-order valence-electron chi connectivity index (χ3n) is 5.15. The van der Waals surface area contributed by atoms with E-state index in [1.54, 1.807) is 26.0 Å². The molecule has 2 aliphatic heterocycles. The van der Waals surface area contributed by atoms with Crippen molar-refractivity contribution in [3.8, 4) is 0 Å². The van der Waals surface area contributed by atoms with Crippen molar-refractivity contribution in [3.63, 3.8) is 0 Å². The summed E-state index contributed by atoms with van der Waals surface area (Å²) in [7, 11) is 1.89. The van der Waals surface area contributed by atoms with E-state index in [0.29, 0.717) is 25.1 Å². The summed E-state index contributed by atoms with van der Waals surface area (Å²) in [6.07, 6.45) is 2.86. The predicted octanol–water partition coefficient (Wildman–Crippen LogP) is 1.01. The maximum Gasteiger partial charge on any atom is 0.338 e. The van der Waals surface area contributed by atoms with Crippen molar-refractivity contribution in [1.29, 1.82) is 0 Å². The molecule has 0 aliphatic carbocycles. The molecule has 2 aliphatic rings. The maximum atomic E-state index is 12.8. The van der Waals surface area contributed by atoms with Crippen LogP contribution in [0.3, 0.4) is 0 Å². The maximum absolute atomic E-state index is 12.8. The normalized spacial score (nSPS) is 34.0. The van der Waals surface area contributed by atoms with Crippen LogP contribution in [0.1, 0.15) is 33.6 Å². The van der Waals surface area contributed by atoms with Gasteiger partial charge in [0.2, 0.25) is 5.78 Å². The van der Waals surface area contributed by atoms with Gasteiger partial charge in [0.05, 0.1) is 0 Å². The second-order valence-corrected chi connectivity index (χ2v) is 7.18.